The van der Waals surface area contributed by atoms with Crippen molar-refractivity contribution in [3.8, 4) is 5.75 Å². The number of esters is 1. The maximum Gasteiger partial charge on any atom is 0.325 e. The first-order chi connectivity index (χ1) is 15.4. The van der Waals surface area contributed by atoms with Crippen molar-refractivity contribution in [2.24, 2.45) is 17.8 Å². The zero-order valence-electron chi connectivity index (χ0n) is 18.6. The van der Waals surface area contributed by atoms with Gasteiger partial charge in [0, 0.05) is 5.56 Å². The minimum absolute atomic E-state index is 0.228. The van der Waals surface area contributed by atoms with E-state index in [0.717, 1.165) is 40.0 Å². The van der Waals surface area contributed by atoms with Crippen molar-refractivity contribution < 1.29 is 23.9 Å². The first-order valence-corrected chi connectivity index (χ1v) is 12.3. The first kappa shape index (κ1) is 21.6. The number of imide groups is 1. The molecule has 1 aliphatic heterocycles. The number of amides is 2. The number of nitrogens with zero attached hydrogens (tertiary/aromatic N) is 1. The molecule has 0 aromatic heterocycles. The molecule has 0 radical (unpaired) electrons. The molecule has 1 saturated heterocycles. The van der Waals surface area contributed by atoms with Gasteiger partial charge in [-0.2, -0.15) is 0 Å². The predicted molar refractivity (Wildman–Crippen MR) is 122 cm³/mol. The van der Waals surface area contributed by atoms with Crippen LogP contribution in [0.4, 0.5) is 4.79 Å². The minimum Gasteiger partial charge on any atom is -0.493 e. The van der Waals surface area contributed by atoms with Gasteiger partial charge in [0.25, 0.3) is 11.1 Å². The van der Waals surface area contributed by atoms with Crippen LogP contribution in [-0.2, 0) is 19.7 Å². The Morgan fingerprint density at radius 1 is 1.16 bits per heavy atom. The van der Waals surface area contributed by atoms with E-state index in [2.05, 4.69) is 16.9 Å². The highest BCUT2D eigenvalue weighted by molar-refractivity contribution is 8.18. The van der Waals surface area contributed by atoms with Gasteiger partial charge in [0.1, 0.15) is 12.3 Å². The summed E-state index contributed by atoms with van der Waals surface area (Å²) >= 11 is 0.856. The lowest BCUT2D eigenvalue weighted by Crippen LogP contribution is -2.48. The van der Waals surface area contributed by atoms with E-state index in [9.17, 15) is 14.4 Å². The number of benzene rings is 1. The van der Waals surface area contributed by atoms with Gasteiger partial charge in [-0.15, -0.1) is 0 Å². The second-order valence-corrected chi connectivity index (χ2v) is 10.7. The molecule has 32 heavy (non-hydrogen) atoms. The van der Waals surface area contributed by atoms with E-state index in [1.165, 1.54) is 51.2 Å². The number of rotatable bonds is 6. The summed E-state index contributed by atoms with van der Waals surface area (Å²) in [4.78, 5) is 38.0. The molecule has 4 bridgehead atoms. The van der Waals surface area contributed by atoms with E-state index < -0.39 is 17.1 Å². The third kappa shape index (κ3) is 3.74. The van der Waals surface area contributed by atoms with E-state index in [1.807, 2.05) is 13.0 Å². The Bertz CT molecular complexity index is 965. The molecule has 0 spiro atoms. The van der Waals surface area contributed by atoms with Crippen molar-refractivity contribution in [2.45, 2.75) is 50.9 Å². The summed E-state index contributed by atoms with van der Waals surface area (Å²) in [7, 11) is 1.24. The first-order valence-electron chi connectivity index (χ1n) is 11.5. The number of thioether (sulfide) groups is 1. The Balaban J connectivity index is 1.48. The van der Waals surface area contributed by atoms with E-state index in [0.29, 0.717) is 17.3 Å². The molecule has 5 aliphatic rings. The zero-order valence-corrected chi connectivity index (χ0v) is 19.4. The Kier molecular flexibility index (Phi) is 5.56. The fourth-order valence-corrected chi connectivity index (χ4v) is 7.54. The molecule has 6 nitrogen and oxygen atoms in total. The predicted octanol–water partition coefficient (Wildman–Crippen LogP) is 4.76. The molecule has 1 heterocycles. The van der Waals surface area contributed by atoms with Crippen molar-refractivity contribution >= 4 is 35.0 Å². The number of methoxy groups -OCH3 is 1. The fraction of sp³-hybridized carbons (Fsp3) is 0.560. The molecule has 4 saturated carbocycles. The van der Waals surface area contributed by atoms with Crippen LogP contribution in [0.2, 0.25) is 0 Å². The van der Waals surface area contributed by atoms with Crippen molar-refractivity contribution in [1.29, 1.82) is 0 Å². The van der Waals surface area contributed by atoms with Crippen LogP contribution < -0.4 is 4.74 Å². The summed E-state index contributed by atoms with van der Waals surface area (Å²) in [5.74, 6) is 2.14. The molecular weight excluding hydrogens is 426 g/mol. The lowest BCUT2D eigenvalue weighted by atomic mass is 9.48. The highest BCUT2D eigenvalue weighted by Crippen LogP contribution is 2.61. The van der Waals surface area contributed by atoms with Gasteiger partial charge >= 0.3 is 5.97 Å². The van der Waals surface area contributed by atoms with Crippen LogP contribution in [0.15, 0.2) is 23.1 Å². The van der Waals surface area contributed by atoms with Crippen molar-refractivity contribution in [3.05, 3.63) is 34.2 Å². The monoisotopic (exact) mass is 455 g/mol. The van der Waals surface area contributed by atoms with Crippen LogP contribution in [0.25, 0.3) is 6.08 Å². The van der Waals surface area contributed by atoms with Crippen LogP contribution in [0, 0.1) is 17.8 Å². The third-order valence-electron chi connectivity index (χ3n) is 7.64. The largest absolute Gasteiger partial charge is 0.493 e. The van der Waals surface area contributed by atoms with Gasteiger partial charge in [-0.05, 0) is 104 Å². The molecule has 2 amide bonds. The molecular formula is C25H29NO5S. The minimum atomic E-state index is -0.618. The maximum atomic E-state index is 12.8. The summed E-state index contributed by atoms with van der Waals surface area (Å²) < 4.78 is 10.5. The average Bonchev–Trinajstić information content (AvgIpc) is 3.01. The molecule has 170 valence electrons. The van der Waals surface area contributed by atoms with E-state index in [1.54, 1.807) is 6.08 Å². The fourth-order valence-electron chi connectivity index (χ4n) is 6.71. The van der Waals surface area contributed by atoms with Crippen LogP contribution in [-0.4, -0.2) is 42.3 Å². The average molecular weight is 456 g/mol. The Morgan fingerprint density at radius 2 is 1.81 bits per heavy atom. The number of carbonyl (C=O) groups excluding carboxylic acids is 3. The van der Waals surface area contributed by atoms with E-state index in [-0.39, 0.29) is 12.0 Å². The van der Waals surface area contributed by atoms with E-state index >= 15 is 0 Å². The molecule has 1 aromatic rings. The molecule has 6 rings (SSSR count). The van der Waals surface area contributed by atoms with Gasteiger partial charge in [0.05, 0.1) is 18.6 Å². The summed E-state index contributed by atoms with van der Waals surface area (Å²) in [6.07, 6.45) is 9.66. The van der Waals surface area contributed by atoms with Gasteiger partial charge in [0.2, 0.25) is 0 Å². The highest BCUT2D eigenvalue weighted by atomic mass is 32.2. The summed E-state index contributed by atoms with van der Waals surface area (Å²) in [5, 5.41) is -0.457. The van der Waals surface area contributed by atoms with Crippen molar-refractivity contribution in [1.82, 2.24) is 4.90 Å². The Morgan fingerprint density at radius 3 is 2.41 bits per heavy atom. The lowest BCUT2D eigenvalue weighted by Gasteiger charge is -2.57. The maximum absolute atomic E-state index is 12.8. The van der Waals surface area contributed by atoms with Crippen LogP contribution >= 0.6 is 11.8 Å². The van der Waals surface area contributed by atoms with Crippen LogP contribution in [0.5, 0.6) is 5.75 Å². The lowest BCUT2D eigenvalue weighted by molar-refractivity contribution is -0.143. The second-order valence-electron chi connectivity index (χ2n) is 9.73. The number of hydrogen-bond acceptors (Lipinski definition) is 6. The molecule has 5 fully saturated rings. The Labute approximate surface area is 192 Å². The summed E-state index contributed by atoms with van der Waals surface area (Å²) in [6.45, 7) is 2.08. The number of hydrogen-bond donors (Lipinski definition) is 0. The second kappa shape index (κ2) is 8.25. The topological polar surface area (TPSA) is 72.9 Å². The normalized spacial score (nSPS) is 32.1. The summed E-state index contributed by atoms with van der Waals surface area (Å²) in [6, 6.07) is 6.40. The van der Waals surface area contributed by atoms with Gasteiger partial charge in [0.15, 0.2) is 0 Å². The quantitative estimate of drug-likeness (QED) is 0.455. The molecule has 7 heteroatoms. The Hall–Kier alpha value is -2.28. The molecule has 0 atom stereocenters. The van der Waals surface area contributed by atoms with Crippen molar-refractivity contribution in [3.63, 3.8) is 0 Å². The zero-order chi connectivity index (χ0) is 22.5. The van der Waals surface area contributed by atoms with Crippen LogP contribution in [0.3, 0.4) is 0 Å². The number of carbonyl (C=O) groups is 3. The molecule has 1 aromatic carbocycles. The van der Waals surface area contributed by atoms with Gasteiger partial charge in [-0.3, -0.25) is 19.3 Å². The number of ether oxygens (including phenoxy) is 2. The van der Waals surface area contributed by atoms with Gasteiger partial charge in [-0.25, -0.2) is 0 Å². The smallest absolute Gasteiger partial charge is 0.325 e. The van der Waals surface area contributed by atoms with Gasteiger partial charge < -0.3 is 9.47 Å². The standard InChI is InChI=1S/C25H29NO5S/c1-3-31-20-5-4-19(25-11-15-6-16(12-25)8-17(7-15)13-25)9-18(20)10-21-23(28)26(24(29)32-21)14-22(27)30-2/h4-5,9-10,15-17H,3,6-8,11-14H2,1-2H3/b21-10-. The third-order valence-corrected chi connectivity index (χ3v) is 8.54. The highest BCUT2D eigenvalue weighted by Gasteiger charge is 2.51. The van der Waals surface area contributed by atoms with Crippen molar-refractivity contribution in [2.75, 3.05) is 20.3 Å². The van der Waals surface area contributed by atoms with E-state index in [4.69, 9.17) is 4.74 Å². The SMILES string of the molecule is CCOc1ccc(C23CC4CC(CC(C4)C2)C3)cc1/C=C1\SC(=O)N(CC(=O)OC)C1=O. The van der Waals surface area contributed by atoms with Gasteiger partial charge in [-0.1, -0.05) is 6.07 Å². The summed E-state index contributed by atoms with van der Waals surface area (Å²) in [5.41, 5.74) is 2.38. The molecule has 0 N–H and O–H groups in total. The molecule has 4 aliphatic carbocycles. The van der Waals surface area contributed by atoms with Crippen LogP contribution in [0.1, 0.15) is 56.6 Å². The molecule has 0 unspecified atom stereocenters.